The van der Waals surface area contributed by atoms with Gasteiger partial charge in [-0.05, 0) is 58.1 Å². The largest absolute Gasteiger partial charge is 0.444 e. The Morgan fingerprint density at radius 1 is 1.16 bits per heavy atom. The molecule has 1 saturated heterocycles. The molecule has 1 aromatic heterocycles. The summed E-state index contributed by atoms with van der Waals surface area (Å²) in [6, 6.07) is 4.36. The number of piperidine rings is 1. The summed E-state index contributed by atoms with van der Waals surface area (Å²) in [6.45, 7) is 11.5. The Hall–Kier alpha value is -1.78. The normalized spacial score (nSPS) is 21.5. The highest BCUT2D eigenvalue weighted by atomic mass is 16.6. The minimum absolute atomic E-state index is 0.217. The number of rotatable bonds is 1. The van der Waals surface area contributed by atoms with Gasteiger partial charge in [0, 0.05) is 32.1 Å². The third-order valence-electron chi connectivity index (χ3n) is 4.94. The fraction of sp³-hybridized carbons (Fsp3) is 0.700. The van der Waals surface area contributed by atoms with Crippen molar-refractivity contribution in [1.29, 1.82) is 0 Å². The van der Waals surface area contributed by atoms with E-state index in [1.165, 1.54) is 24.8 Å². The first kappa shape index (κ1) is 18.0. The molecular formula is C20H31N3O2. The van der Waals surface area contributed by atoms with Gasteiger partial charge in [-0.3, -0.25) is 0 Å². The van der Waals surface area contributed by atoms with Crippen LogP contribution in [0.3, 0.4) is 0 Å². The molecule has 0 N–H and O–H groups in total. The van der Waals surface area contributed by atoms with Crippen LogP contribution in [-0.4, -0.2) is 47.8 Å². The van der Waals surface area contributed by atoms with Crippen molar-refractivity contribution in [3.8, 4) is 0 Å². The molecule has 0 aromatic carbocycles. The van der Waals surface area contributed by atoms with Crippen molar-refractivity contribution in [1.82, 2.24) is 9.88 Å². The van der Waals surface area contributed by atoms with E-state index in [0.717, 1.165) is 31.0 Å². The van der Waals surface area contributed by atoms with Crippen LogP contribution in [0.4, 0.5) is 10.6 Å². The molecular weight excluding hydrogens is 314 g/mol. The second-order valence-electron chi connectivity index (χ2n) is 8.34. The van der Waals surface area contributed by atoms with Gasteiger partial charge in [-0.15, -0.1) is 0 Å². The smallest absolute Gasteiger partial charge is 0.410 e. The predicted octanol–water partition coefficient (Wildman–Crippen LogP) is 3.97. The molecule has 1 fully saturated rings. The number of fused-ring (bicyclic) bond motifs is 1. The number of carbonyl (C=O) groups is 1. The van der Waals surface area contributed by atoms with Gasteiger partial charge in [-0.1, -0.05) is 13.0 Å². The van der Waals surface area contributed by atoms with Crippen molar-refractivity contribution < 1.29 is 9.53 Å². The minimum atomic E-state index is -0.459. The van der Waals surface area contributed by atoms with E-state index in [2.05, 4.69) is 24.0 Å². The van der Waals surface area contributed by atoms with E-state index in [9.17, 15) is 4.79 Å². The topological polar surface area (TPSA) is 45.7 Å². The van der Waals surface area contributed by atoms with Crippen LogP contribution in [0.1, 0.15) is 64.1 Å². The molecule has 3 rings (SSSR count). The van der Waals surface area contributed by atoms with Gasteiger partial charge in [-0.2, -0.15) is 0 Å². The van der Waals surface area contributed by atoms with E-state index in [4.69, 9.17) is 9.72 Å². The lowest BCUT2D eigenvalue weighted by molar-refractivity contribution is 0.0248. The number of anilines is 1. The number of ether oxygens (including phenoxy) is 1. The molecule has 0 unspecified atom stereocenters. The van der Waals surface area contributed by atoms with Gasteiger partial charge in [0.1, 0.15) is 11.4 Å². The van der Waals surface area contributed by atoms with Crippen molar-refractivity contribution >= 4 is 11.9 Å². The van der Waals surface area contributed by atoms with Crippen molar-refractivity contribution in [2.75, 3.05) is 31.1 Å². The molecule has 0 aliphatic carbocycles. The molecule has 5 heteroatoms. The van der Waals surface area contributed by atoms with Gasteiger partial charge in [0.05, 0.1) is 5.69 Å². The van der Waals surface area contributed by atoms with Crippen molar-refractivity contribution in [3.05, 3.63) is 23.4 Å². The second-order valence-corrected chi connectivity index (χ2v) is 8.34. The van der Waals surface area contributed by atoms with E-state index in [1.807, 2.05) is 25.7 Å². The predicted molar refractivity (Wildman–Crippen MR) is 100 cm³/mol. The van der Waals surface area contributed by atoms with Gasteiger partial charge >= 0.3 is 6.09 Å². The summed E-state index contributed by atoms with van der Waals surface area (Å²) in [5.41, 5.74) is 1.95. The lowest BCUT2D eigenvalue weighted by atomic mass is 10.0. The first-order valence-electron chi connectivity index (χ1n) is 9.56. The zero-order valence-electron chi connectivity index (χ0n) is 16.0. The first-order valence-corrected chi connectivity index (χ1v) is 9.56. The molecule has 2 aliphatic heterocycles. The fourth-order valence-corrected chi connectivity index (χ4v) is 3.69. The SMILES string of the molecule is C[C@H]1CN(C(=O)OC(C)(C)C)CCc2ccc(N3CCCCC3)nc21. The zero-order chi connectivity index (χ0) is 18.0. The van der Waals surface area contributed by atoms with Crippen LogP contribution in [0.5, 0.6) is 0 Å². The van der Waals surface area contributed by atoms with Gasteiger partial charge in [0.25, 0.3) is 0 Å². The zero-order valence-corrected chi connectivity index (χ0v) is 16.0. The molecule has 0 spiro atoms. The van der Waals surface area contributed by atoms with E-state index < -0.39 is 5.60 Å². The summed E-state index contributed by atoms with van der Waals surface area (Å²) in [7, 11) is 0. The number of carbonyl (C=O) groups excluding carboxylic acids is 1. The molecule has 0 saturated carbocycles. The highest BCUT2D eigenvalue weighted by Crippen LogP contribution is 2.28. The molecule has 2 aliphatic rings. The van der Waals surface area contributed by atoms with Crippen molar-refractivity contribution in [2.45, 2.75) is 64.9 Å². The number of pyridine rings is 1. The summed E-state index contributed by atoms with van der Waals surface area (Å²) < 4.78 is 5.56. The van der Waals surface area contributed by atoms with E-state index in [0.29, 0.717) is 13.1 Å². The molecule has 3 heterocycles. The Balaban J connectivity index is 1.75. The minimum Gasteiger partial charge on any atom is -0.444 e. The number of amides is 1. The fourth-order valence-electron chi connectivity index (χ4n) is 3.69. The van der Waals surface area contributed by atoms with Crippen LogP contribution in [0, 0.1) is 0 Å². The Bertz CT molecular complexity index is 618. The van der Waals surface area contributed by atoms with Crippen LogP contribution < -0.4 is 4.90 Å². The van der Waals surface area contributed by atoms with Crippen LogP contribution in [0.25, 0.3) is 0 Å². The molecule has 1 aromatic rings. The molecule has 1 amide bonds. The Kier molecular flexibility index (Phi) is 5.21. The van der Waals surface area contributed by atoms with E-state index in [1.54, 1.807) is 0 Å². The van der Waals surface area contributed by atoms with Gasteiger partial charge < -0.3 is 14.5 Å². The van der Waals surface area contributed by atoms with Gasteiger partial charge in [-0.25, -0.2) is 9.78 Å². The third kappa shape index (κ3) is 4.44. The number of hydrogen-bond acceptors (Lipinski definition) is 4. The maximum absolute atomic E-state index is 12.5. The Labute approximate surface area is 151 Å². The average molecular weight is 345 g/mol. The van der Waals surface area contributed by atoms with Gasteiger partial charge in [0.2, 0.25) is 0 Å². The number of nitrogens with zero attached hydrogens (tertiary/aromatic N) is 3. The number of aromatic nitrogens is 1. The molecule has 0 bridgehead atoms. The quantitative estimate of drug-likeness (QED) is 0.773. The Morgan fingerprint density at radius 2 is 1.88 bits per heavy atom. The van der Waals surface area contributed by atoms with E-state index >= 15 is 0 Å². The van der Waals surface area contributed by atoms with Crippen LogP contribution in [0.15, 0.2) is 12.1 Å². The molecule has 0 radical (unpaired) electrons. The standard InChI is InChI=1S/C20H31N3O2/c1-15-14-23(19(24)25-20(2,3)4)13-10-16-8-9-17(21-18(15)16)22-11-6-5-7-12-22/h8-9,15H,5-7,10-14H2,1-4H3/t15-/m0/s1. The number of hydrogen-bond donors (Lipinski definition) is 0. The molecule has 25 heavy (non-hydrogen) atoms. The molecule has 1 atom stereocenters. The van der Waals surface area contributed by atoms with E-state index in [-0.39, 0.29) is 12.0 Å². The van der Waals surface area contributed by atoms with Crippen LogP contribution in [-0.2, 0) is 11.2 Å². The third-order valence-corrected chi connectivity index (χ3v) is 4.94. The lowest BCUT2D eigenvalue weighted by Crippen LogP contribution is -2.38. The first-order chi connectivity index (χ1) is 11.8. The average Bonchev–Trinajstić information content (AvgIpc) is 2.73. The van der Waals surface area contributed by atoms with Crippen molar-refractivity contribution in [2.24, 2.45) is 0 Å². The molecule has 138 valence electrons. The maximum atomic E-state index is 12.5. The summed E-state index contributed by atoms with van der Waals surface area (Å²) in [4.78, 5) is 21.7. The molecule has 5 nitrogen and oxygen atoms in total. The monoisotopic (exact) mass is 345 g/mol. The highest BCUT2D eigenvalue weighted by molar-refractivity contribution is 5.68. The lowest BCUT2D eigenvalue weighted by Gasteiger charge is -2.29. The summed E-state index contributed by atoms with van der Waals surface area (Å²) in [5, 5.41) is 0. The highest BCUT2D eigenvalue weighted by Gasteiger charge is 2.28. The summed E-state index contributed by atoms with van der Waals surface area (Å²) in [5.74, 6) is 1.31. The second kappa shape index (κ2) is 7.22. The summed E-state index contributed by atoms with van der Waals surface area (Å²) in [6.07, 6.45) is 4.44. The van der Waals surface area contributed by atoms with Gasteiger partial charge in [0.15, 0.2) is 0 Å². The Morgan fingerprint density at radius 3 is 2.56 bits per heavy atom. The maximum Gasteiger partial charge on any atom is 0.410 e. The summed E-state index contributed by atoms with van der Waals surface area (Å²) >= 11 is 0. The van der Waals surface area contributed by atoms with Crippen molar-refractivity contribution in [3.63, 3.8) is 0 Å². The van der Waals surface area contributed by atoms with Crippen LogP contribution in [0.2, 0.25) is 0 Å². The van der Waals surface area contributed by atoms with Crippen LogP contribution >= 0.6 is 0 Å².